The second-order valence-corrected chi connectivity index (χ2v) is 4.84. The highest BCUT2D eigenvalue weighted by molar-refractivity contribution is 5.75. The molecular formula is C13H24O4. The highest BCUT2D eigenvalue weighted by atomic mass is 16.8. The molecule has 0 N–H and O–H groups in total. The number of carbonyl (C=O) groups excluding carboxylic acids is 1. The molecule has 100 valence electrons. The van der Waals surface area contributed by atoms with Crippen LogP contribution in [-0.4, -0.2) is 30.6 Å². The molecule has 2 atom stereocenters. The predicted molar refractivity (Wildman–Crippen MR) is 64.6 cm³/mol. The van der Waals surface area contributed by atoms with Crippen LogP contribution in [0.3, 0.4) is 0 Å². The standard InChI is InChI=1S/C13H24O4/c1-5-7-8-9-10-11(12(14)15-6-2)17-13(3,4)16-10/h10-11H,5-9H2,1-4H3/t10-,11+/m1/s1. The number of unbranched alkanes of at least 4 members (excludes halogenated alkanes) is 2. The van der Waals surface area contributed by atoms with Crippen LogP contribution in [0, 0.1) is 0 Å². The van der Waals surface area contributed by atoms with Crippen molar-refractivity contribution in [2.24, 2.45) is 0 Å². The minimum atomic E-state index is -0.686. The first-order chi connectivity index (χ1) is 8.00. The van der Waals surface area contributed by atoms with Crippen LogP contribution < -0.4 is 0 Å². The summed E-state index contributed by atoms with van der Waals surface area (Å²) in [6.07, 6.45) is 3.46. The summed E-state index contributed by atoms with van der Waals surface area (Å²) in [5, 5.41) is 0. The minimum Gasteiger partial charge on any atom is -0.464 e. The van der Waals surface area contributed by atoms with Gasteiger partial charge in [0, 0.05) is 0 Å². The van der Waals surface area contributed by atoms with Gasteiger partial charge in [-0.05, 0) is 27.2 Å². The Morgan fingerprint density at radius 1 is 1.24 bits per heavy atom. The lowest BCUT2D eigenvalue weighted by Gasteiger charge is -2.16. The maximum Gasteiger partial charge on any atom is 0.338 e. The van der Waals surface area contributed by atoms with E-state index in [1.807, 2.05) is 13.8 Å². The van der Waals surface area contributed by atoms with Gasteiger partial charge in [-0.25, -0.2) is 4.79 Å². The average molecular weight is 244 g/mol. The Kier molecular flexibility index (Phi) is 5.40. The summed E-state index contributed by atoms with van der Waals surface area (Å²) >= 11 is 0. The largest absolute Gasteiger partial charge is 0.464 e. The van der Waals surface area contributed by atoms with Crippen molar-refractivity contribution in [1.29, 1.82) is 0 Å². The van der Waals surface area contributed by atoms with Gasteiger partial charge in [-0.2, -0.15) is 0 Å². The molecule has 4 nitrogen and oxygen atoms in total. The van der Waals surface area contributed by atoms with E-state index in [1.54, 1.807) is 6.92 Å². The summed E-state index contributed by atoms with van der Waals surface area (Å²) in [6, 6.07) is 0. The van der Waals surface area contributed by atoms with Gasteiger partial charge < -0.3 is 14.2 Å². The van der Waals surface area contributed by atoms with Crippen LogP contribution in [0.15, 0.2) is 0 Å². The third-order valence-electron chi connectivity index (χ3n) is 2.79. The van der Waals surface area contributed by atoms with E-state index in [1.165, 1.54) is 0 Å². The number of ether oxygens (including phenoxy) is 3. The molecule has 0 aromatic heterocycles. The number of rotatable bonds is 6. The van der Waals surface area contributed by atoms with Gasteiger partial charge in [0.25, 0.3) is 0 Å². The first kappa shape index (κ1) is 14.5. The molecule has 0 radical (unpaired) electrons. The zero-order valence-electron chi connectivity index (χ0n) is 11.3. The molecular weight excluding hydrogens is 220 g/mol. The van der Waals surface area contributed by atoms with Gasteiger partial charge >= 0.3 is 5.97 Å². The first-order valence-corrected chi connectivity index (χ1v) is 6.52. The fourth-order valence-electron chi connectivity index (χ4n) is 2.07. The molecule has 1 heterocycles. The molecule has 0 spiro atoms. The Labute approximate surface area is 104 Å². The van der Waals surface area contributed by atoms with Gasteiger partial charge in [-0.15, -0.1) is 0 Å². The van der Waals surface area contributed by atoms with Crippen molar-refractivity contribution in [3.63, 3.8) is 0 Å². The second kappa shape index (κ2) is 6.36. The van der Waals surface area contributed by atoms with Crippen LogP contribution in [0.5, 0.6) is 0 Å². The SMILES string of the molecule is CCCCC[C@H]1OC(C)(C)O[C@@H]1C(=O)OCC. The smallest absolute Gasteiger partial charge is 0.338 e. The summed E-state index contributed by atoms with van der Waals surface area (Å²) < 4.78 is 16.4. The van der Waals surface area contributed by atoms with Crippen LogP contribution in [0.4, 0.5) is 0 Å². The summed E-state index contributed by atoms with van der Waals surface area (Å²) in [6.45, 7) is 7.99. The van der Waals surface area contributed by atoms with Gasteiger partial charge in [-0.1, -0.05) is 26.2 Å². The van der Waals surface area contributed by atoms with E-state index in [0.29, 0.717) is 6.61 Å². The van der Waals surface area contributed by atoms with E-state index in [9.17, 15) is 4.79 Å². The van der Waals surface area contributed by atoms with Crippen LogP contribution in [0.1, 0.15) is 53.4 Å². The molecule has 1 aliphatic rings. The summed E-state index contributed by atoms with van der Waals surface area (Å²) in [4.78, 5) is 11.7. The average Bonchev–Trinajstić information content (AvgIpc) is 2.55. The molecule has 0 aromatic carbocycles. The van der Waals surface area contributed by atoms with Crippen molar-refractivity contribution >= 4 is 5.97 Å². The molecule has 1 rings (SSSR count). The van der Waals surface area contributed by atoms with Crippen molar-refractivity contribution in [3.8, 4) is 0 Å². The quantitative estimate of drug-likeness (QED) is 0.532. The molecule has 0 aliphatic carbocycles. The monoisotopic (exact) mass is 244 g/mol. The maximum atomic E-state index is 11.7. The summed E-state index contributed by atoms with van der Waals surface area (Å²) in [5.74, 6) is -0.992. The molecule has 4 heteroatoms. The molecule has 1 aliphatic heterocycles. The first-order valence-electron chi connectivity index (χ1n) is 6.52. The van der Waals surface area contributed by atoms with Crippen molar-refractivity contribution in [1.82, 2.24) is 0 Å². The van der Waals surface area contributed by atoms with Crippen LogP contribution >= 0.6 is 0 Å². The number of esters is 1. The van der Waals surface area contributed by atoms with Crippen LogP contribution in [0.25, 0.3) is 0 Å². The lowest BCUT2D eigenvalue weighted by molar-refractivity contribution is -0.170. The number of hydrogen-bond acceptors (Lipinski definition) is 4. The van der Waals surface area contributed by atoms with Crippen LogP contribution in [-0.2, 0) is 19.0 Å². The zero-order valence-corrected chi connectivity index (χ0v) is 11.3. The van der Waals surface area contributed by atoms with Crippen molar-refractivity contribution in [3.05, 3.63) is 0 Å². The second-order valence-electron chi connectivity index (χ2n) is 4.84. The normalized spacial score (nSPS) is 27.1. The maximum absolute atomic E-state index is 11.7. The van der Waals surface area contributed by atoms with E-state index in [-0.39, 0.29) is 12.1 Å². The van der Waals surface area contributed by atoms with E-state index < -0.39 is 11.9 Å². The molecule has 0 saturated carbocycles. The fraction of sp³-hybridized carbons (Fsp3) is 0.923. The van der Waals surface area contributed by atoms with E-state index in [4.69, 9.17) is 14.2 Å². The highest BCUT2D eigenvalue weighted by Crippen LogP contribution is 2.31. The van der Waals surface area contributed by atoms with Crippen molar-refractivity contribution in [2.75, 3.05) is 6.61 Å². The Bertz CT molecular complexity index is 250. The zero-order chi connectivity index (χ0) is 12.9. The lowest BCUT2D eigenvalue weighted by Crippen LogP contribution is -2.33. The third-order valence-corrected chi connectivity index (χ3v) is 2.79. The van der Waals surface area contributed by atoms with E-state index >= 15 is 0 Å². The van der Waals surface area contributed by atoms with Gasteiger partial charge in [0.1, 0.15) is 0 Å². The Morgan fingerprint density at radius 2 is 1.94 bits per heavy atom. The molecule has 1 fully saturated rings. The fourth-order valence-corrected chi connectivity index (χ4v) is 2.07. The molecule has 17 heavy (non-hydrogen) atoms. The van der Waals surface area contributed by atoms with E-state index in [2.05, 4.69) is 6.92 Å². The third kappa shape index (κ3) is 4.28. The molecule has 0 bridgehead atoms. The molecule has 0 amide bonds. The highest BCUT2D eigenvalue weighted by Gasteiger charge is 2.45. The topological polar surface area (TPSA) is 44.8 Å². The minimum absolute atomic E-state index is 0.171. The predicted octanol–water partition coefficient (Wildman–Crippen LogP) is 2.65. The van der Waals surface area contributed by atoms with E-state index in [0.717, 1.165) is 25.7 Å². The summed E-state index contributed by atoms with van der Waals surface area (Å²) in [5.41, 5.74) is 0. The number of carbonyl (C=O) groups is 1. The molecule has 0 aromatic rings. The van der Waals surface area contributed by atoms with Gasteiger partial charge in [-0.3, -0.25) is 0 Å². The van der Waals surface area contributed by atoms with Crippen molar-refractivity contribution < 1.29 is 19.0 Å². The number of hydrogen-bond donors (Lipinski definition) is 0. The van der Waals surface area contributed by atoms with Gasteiger partial charge in [0.15, 0.2) is 11.9 Å². The van der Waals surface area contributed by atoms with Crippen molar-refractivity contribution in [2.45, 2.75) is 71.4 Å². The van der Waals surface area contributed by atoms with Gasteiger partial charge in [0.05, 0.1) is 12.7 Å². The molecule has 1 saturated heterocycles. The Morgan fingerprint density at radius 3 is 2.53 bits per heavy atom. The van der Waals surface area contributed by atoms with Crippen LogP contribution in [0.2, 0.25) is 0 Å². The molecule has 0 unspecified atom stereocenters. The Balaban J connectivity index is 2.54. The Hall–Kier alpha value is -0.610. The van der Waals surface area contributed by atoms with Gasteiger partial charge in [0.2, 0.25) is 0 Å². The lowest BCUT2D eigenvalue weighted by atomic mass is 10.1. The summed E-state index contributed by atoms with van der Waals surface area (Å²) in [7, 11) is 0.